The highest BCUT2D eigenvalue weighted by Gasteiger charge is 2.21. The summed E-state index contributed by atoms with van der Waals surface area (Å²) >= 11 is 3.35. The summed E-state index contributed by atoms with van der Waals surface area (Å²) in [5.74, 6) is 0.221. The second kappa shape index (κ2) is 6.40. The third-order valence-corrected chi connectivity index (χ3v) is 2.87. The van der Waals surface area contributed by atoms with E-state index in [1.807, 2.05) is 11.8 Å². The van der Waals surface area contributed by atoms with E-state index in [4.69, 9.17) is 4.74 Å². The van der Waals surface area contributed by atoms with E-state index in [1.165, 1.54) is 0 Å². The highest BCUT2D eigenvalue weighted by molar-refractivity contribution is 9.09. The van der Waals surface area contributed by atoms with Crippen LogP contribution in [-0.4, -0.2) is 41.9 Å². The van der Waals surface area contributed by atoms with Gasteiger partial charge in [0.25, 0.3) is 0 Å². The molecule has 1 rings (SSSR count). The van der Waals surface area contributed by atoms with Gasteiger partial charge in [-0.15, -0.1) is 0 Å². The summed E-state index contributed by atoms with van der Waals surface area (Å²) in [7, 11) is 0. The highest BCUT2D eigenvalue weighted by atomic mass is 79.9. The number of carbonyl (C=O) groups excluding carboxylic acids is 1. The first-order valence-corrected chi connectivity index (χ1v) is 6.35. The molecule has 0 aromatic heterocycles. The van der Waals surface area contributed by atoms with Crippen molar-refractivity contribution in [1.82, 2.24) is 4.90 Å². The number of halogens is 1. The molecular formula is C10H18BrNO2. The van der Waals surface area contributed by atoms with Crippen LogP contribution in [-0.2, 0) is 9.53 Å². The van der Waals surface area contributed by atoms with Gasteiger partial charge in [-0.25, -0.2) is 0 Å². The lowest BCUT2D eigenvalue weighted by molar-refractivity contribution is -0.133. The molecule has 4 heteroatoms. The largest absolute Gasteiger partial charge is 0.378 e. The number of hydrogen-bond acceptors (Lipinski definition) is 2. The molecule has 1 unspecified atom stereocenters. The second-order valence-corrected chi connectivity index (χ2v) is 4.29. The van der Waals surface area contributed by atoms with E-state index in [2.05, 4.69) is 15.9 Å². The fourth-order valence-corrected chi connectivity index (χ4v) is 2.12. The van der Waals surface area contributed by atoms with Crippen molar-refractivity contribution in [2.45, 2.75) is 32.3 Å². The standard InChI is InChI=1S/C10H18BrNO2/c1-2-12(6-5-11)10(13)8-9-4-3-7-14-9/h9H,2-8H2,1H3. The summed E-state index contributed by atoms with van der Waals surface area (Å²) in [6, 6.07) is 0. The van der Waals surface area contributed by atoms with Crippen molar-refractivity contribution in [3.05, 3.63) is 0 Å². The van der Waals surface area contributed by atoms with Gasteiger partial charge >= 0.3 is 0 Å². The molecule has 1 heterocycles. The van der Waals surface area contributed by atoms with Crippen LogP contribution in [0.15, 0.2) is 0 Å². The Labute approximate surface area is 93.9 Å². The van der Waals surface area contributed by atoms with Crippen LogP contribution in [0.1, 0.15) is 26.2 Å². The van der Waals surface area contributed by atoms with E-state index >= 15 is 0 Å². The Bertz CT molecular complexity index is 181. The number of ether oxygens (including phenoxy) is 1. The summed E-state index contributed by atoms with van der Waals surface area (Å²) in [4.78, 5) is 13.6. The van der Waals surface area contributed by atoms with Crippen LogP contribution in [0.2, 0.25) is 0 Å². The molecule has 1 amide bonds. The smallest absolute Gasteiger partial charge is 0.225 e. The van der Waals surface area contributed by atoms with E-state index in [9.17, 15) is 4.79 Å². The van der Waals surface area contributed by atoms with Crippen molar-refractivity contribution in [2.75, 3.05) is 25.0 Å². The minimum atomic E-state index is 0.173. The maximum absolute atomic E-state index is 11.7. The highest BCUT2D eigenvalue weighted by Crippen LogP contribution is 2.16. The van der Waals surface area contributed by atoms with Crippen LogP contribution in [0, 0.1) is 0 Å². The van der Waals surface area contributed by atoms with E-state index < -0.39 is 0 Å². The lowest BCUT2D eigenvalue weighted by Crippen LogP contribution is -2.34. The van der Waals surface area contributed by atoms with Gasteiger partial charge in [0.2, 0.25) is 5.91 Å². The van der Waals surface area contributed by atoms with Gasteiger partial charge in [0.05, 0.1) is 12.5 Å². The van der Waals surface area contributed by atoms with Crippen LogP contribution in [0.3, 0.4) is 0 Å². The minimum Gasteiger partial charge on any atom is -0.378 e. The summed E-state index contributed by atoms with van der Waals surface area (Å²) in [6.07, 6.45) is 2.87. The normalized spacial score (nSPS) is 21.1. The van der Waals surface area contributed by atoms with Crippen LogP contribution >= 0.6 is 15.9 Å². The maximum Gasteiger partial charge on any atom is 0.225 e. The molecule has 1 saturated heterocycles. The predicted octanol–water partition coefficient (Wildman–Crippen LogP) is 1.80. The molecule has 0 spiro atoms. The molecule has 1 aliphatic heterocycles. The monoisotopic (exact) mass is 263 g/mol. The van der Waals surface area contributed by atoms with Crippen molar-refractivity contribution < 1.29 is 9.53 Å². The summed E-state index contributed by atoms with van der Waals surface area (Å²) in [5.41, 5.74) is 0. The van der Waals surface area contributed by atoms with Gasteiger partial charge < -0.3 is 9.64 Å². The Morgan fingerprint density at radius 3 is 2.93 bits per heavy atom. The third-order valence-electron chi connectivity index (χ3n) is 2.52. The number of amides is 1. The van der Waals surface area contributed by atoms with E-state index in [0.29, 0.717) is 6.42 Å². The van der Waals surface area contributed by atoms with Gasteiger partial charge in [-0.1, -0.05) is 15.9 Å². The van der Waals surface area contributed by atoms with E-state index in [-0.39, 0.29) is 12.0 Å². The van der Waals surface area contributed by atoms with Crippen LogP contribution in [0.25, 0.3) is 0 Å². The van der Waals surface area contributed by atoms with Crippen molar-refractivity contribution in [3.63, 3.8) is 0 Å². The molecule has 0 bridgehead atoms. The average Bonchev–Trinajstić information content (AvgIpc) is 2.66. The fourth-order valence-electron chi connectivity index (χ4n) is 1.69. The van der Waals surface area contributed by atoms with Crippen LogP contribution < -0.4 is 0 Å². The summed E-state index contributed by atoms with van der Waals surface area (Å²) in [5, 5.41) is 0.845. The number of rotatable bonds is 5. The zero-order valence-electron chi connectivity index (χ0n) is 8.67. The zero-order valence-corrected chi connectivity index (χ0v) is 10.3. The maximum atomic E-state index is 11.7. The van der Waals surface area contributed by atoms with Crippen molar-refractivity contribution >= 4 is 21.8 Å². The topological polar surface area (TPSA) is 29.5 Å². The molecule has 0 radical (unpaired) electrons. The molecule has 1 atom stereocenters. The average molecular weight is 264 g/mol. The zero-order chi connectivity index (χ0) is 10.4. The number of nitrogens with zero attached hydrogens (tertiary/aromatic N) is 1. The predicted molar refractivity (Wildman–Crippen MR) is 59.6 cm³/mol. The fraction of sp³-hybridized carbons (Fsp3) is 0.900. The molecule has 1 aliphatic rings. The molecule has 0 aromatic carbocycles. The molecule has 0 N–H and O–H groups in total. The van der Waals surface area contributed by atoms with Gasteiger partial charge in [-0.05, 0) is 19.8 Å². The summed E-state index contributed by atoms with van der Waals surface area (Å²) < 4.78 is 5.44. The molecular weight excluding hydrogens is 246 g/mol. The van der Waals surface area contributed by atoms with Gasteiger partial charge in [-0.2, -0.15) is 0 Å². The molecule has 82 valence electrons. The third kappa shape index (κ3) is 3.58. The molecule has 3 nitrogen and oxygen atoms in total. The first-order valence-electron chi connectivity index (χ1n) is 5.23. The minimum absolute atomic E-state index is 0.173. The SMILES string of the molecule is CCN(CCBr)C(=O)CC1CCCO1. The number of carbonyl (C=O) groups is 1. The van der Waals surface area contributed by atoms with Crippen LogP contribution in [0.5, 0.6) is 0 Å². The Morgan fingerprint density at radius 2 is 2.43 bits per heavy atom. The molecule has 14 heavy (non-hydrogen) atoms. The molecule has 0 saturated carbocycles. The van der Waals surface area contributed by atoms with E-state index in [0.717, 1.165) is 37.9 Å². The van der Waals surface area contributed by atoms with E-state index in [1.54, 1.807) is 0 Å². The molecule has 1 fully saturated rings. The lowest BCUT2D eigenvalue weighted by Gasteiger charge is -2.21. The Kier molecular flexibility index (Phi) is 5.48. The van der Waals surface area contributed by atoms with Crippen LogP contribution in [0.4, 0.5) is 0 Å². The molecule has 0 aliphatic carbocycles. The van der Waals surface area contributed by atoms with Gasteiger partial charge in [0, 0.05) is 25.0 Å². The number of hydrogen-bond donors (Lipinski definition) is 0. The van der Waals surface area contributed by atoms with Gasteiger partial charge in [-0.3, -0.25) is 4.79 Å². The number of alkyl halides is 1. The Morgan fingerprint density at radius 1 is 1.64 bits per heavy atom. The lowest BCUT2D eigenvalue weighted by atomic mass is 10.1. The van der Waals surface area contributed by atoms with Crippen molar-refractivity contribution in [1.29, 1.82) is 0 Å². The van der Waals surface area contributed by atoms with Crippen molar-refractivity contribution in [3.8, 4) is 0 Å². The van der Waals surface area contributed by atoms with Gasteiger partial charge in [0.1, 0.15) is 0 Å². The quantitative estimate of drug-likeness (QED) is 0.709. The summed E-state index contributed by atoms with van der Waals surface area (Å²) in [6.45, 7) is 4.41. The first-order chi connectivity index (χ1) is 6.77. The Hall–Kier alpha value is -0.0900. The second-order valence-electron chi connectivity index (χ2n) is 3.50. The van der Waals surface area contributed by atoms with Crippen molar-refractivity contribution in [2.24, 2.45) is 0 Å². The van der Waals surface area contributed by atoms with Gasteiger partial charge in [0.15, 0.2) is 0 Å². The first kappa shape index (κ1) is 12.0. The Balaban J connectivity index is 2.30. The molecule has 0 aromatic rings.